The number of ether oxygens (including phenoxy) is 1. The minimum atomic E-state index is 0.580. The minimum Gasteiger partial charge on any atom is -0.455 e. The average Bonchev–Trinajstić information content (AvgIpc) is 2.32. The zero-order chi connectivity index (χ0) is 12.3. The first kappa shape index (κ1) is 12.1. The van der Waals surface area contributed by atoms with Crippen LogP contribution in [-0.2, 0) is 0 Å². The van der Waals surface area contributed by atoms with E-state index in [0.29, 0.717) is 17.1 Å². The maximum atomic E-state index is 8.75. The Morgan fingerprint density at radius 1 is 1.18 bits per heavy atom. The van der Waals surface area contributed by atoms with Crippen LogP contribution < -0.4 is 4.74 Å². The third kappa shape index (κ3) is 3.05. The van der Waals surface area contributed by atoms with Crippen molar-refractivity contribution in [3.8, 4) is 17.6 Å². The summed E-state index contributed by atoms with van der Waals surface area (Å²) in [6, 6.07) is 9.03. The molecule has 0 radical (unpaired) electrons. The standard InChI is InChI=1S/C12H6Br2N2O/c13-9-4-10(7-16-6-9)17-12-2-1-8(5-15)3-11(12)14/h1-4,6-7H. The highest BCUT2D eigenvalue weighted by Crippen LogP contribution is 2.30. The lowest BCUT2D eigenvalue weighted by Gasteiger charge is -2.07. The van der Waals surface area contributed by atoms with E-state index in [4.69, 9.17) is 10.00 Å². The van der Waals surface area contributed by atoms with Gasteiger partial charge in [-0.05, 0) is 56.1 Å². The lowest BCUT2D eigenvalue weighted by molar-refractivity contribution is 0.477. The fraction of sp³-hybridized carbons (Fsp3) is 0. The van der Waals surface area contributed by atoms with Gasteiger partial charge in [-0.2, -0.15) is 5.26 Å². The van der Waals surface area contributed by atoms with E-state index >= 15 is 0 Å². The highest BCUT2D eigenvalue weighted by molar-refractivity contribution is 9.10. The number of benzene rings is 1. The van der Waals surface area contributed by atoms with Gasteiger partial charge in [0.1, 0.15) is 11.5 Å². The topological polar surface area (TPSA) is 45.9 Å². The molecule has 0 saturated carbocycles. The van der Waals surface area contributed by atoms with Gasteiger partial charge in [-0.3, -0.25) is 4.98 Å². The van der Waals surface area contributed by atoms with Gasteiger partial charge in [-0.15, -0.1) is 0 Å². The highest BCUT2D eigenvalue weighted by atomic mass is 79.9. The van der Waals surface area contributed by atoms with E-state index in [2.05, 4.69) is 42.9 Å². The van der Waals surface area contributed by atoms with E-state index in [-0.39, 0.29) is 0 Å². The molecule has 0 saturated heterocycles. The molecule has 0 N–H and O–H groups in total. The van der Waals surface area contributed by atoms with Gasteiger partial charge in [0.05, 0.1) is 22.3 Å². The Bertz CT molecular complexity index is 593. The molecule has 2 rings (SSSR count). The Kier molecular flexibility index (Phi) is 3.77. The summed E-state index contributed by atoms with van der Waals surface area (Å²) in [4.78, 5) is 4.00. The number of pyridine rings is 1. The first-order valence-corrected chi connectivity index (χ1v) is 6.25. The molecule has 84 valence electrons. The fourth-order valence-electron chi connectivity index (χ4n) is 1.23. The number of nitriles is 1. The summed E-state index contributed by atoms with van der Waals surface area (Å²) in [6.45, 7) is 0. The Morgan fingerprint density at radius 3 is 2.65 bits per heavy atom. The van der Waals surface area contributed by atoms with Crippen LogP contribution in [0, 0.1) is 11.3 Å². The fourth-order valence-corrected chi connectivity index (χ4v) is 2.03. The maximum absolute atomic E-state index is 8.75. The summed E-state index contributed by atoms with van der Waals surface area (Å²) in [5.74, 6) is 1.27. The lowest BCUT2D eigenvalue weighted by atomic mass is 10.2. The third-order valence-corrected chi connectivity index (χ3v) is 3.02. The van der Waals surface area contributed by atoms with E-state index in [9.17, 15) is 0 Å². The van der Waals surface area contributed by atoms with E-state index in [0.717, 1.165) is 8.95 Å². The van der Waals surface area contributed by atoms with Crippen molar-refractivity contribution < 1.29 is 4.74 Å². The van der Waals surface area contributed by atoms with Gasteiger partial charge in [0.25, 0.3) is 0 Å². The molecule has 5 heteroatoms. The van der Waals surface area contributed by atoms with Gasteiger partial charge in [0.15, 0.2) is 0 Å². The number of hydrogen-bond acceptors (Lipinski definition) is 3. The van der Waals surface area contributed by atoms with Crippen molar-refractivity contribution in [2.75, 3.05) is 0 Å². The maximum Gasteiger partial charge on any atom is 0.146 e. The molecule has 0 aliphatic carbocycles. The van der Waals surface area contributed by atoms with Crippen LogP contribution in [0.15, 0.2) is 45.6 Å². The molecule has 1 aromatic carbocycles. The van der Waals surface area contributed by atoms with Gasteiger partial charge in [-0.1, -0.05) is 0 Å². The molecular formula is C12H6Br2N2O. The highest BCUT2D eigenvalue weighted by Gasteiger charge is 2.04. The van der Waals surface area contributed by atoms with Crippen molar-refractivity contribution in [3.05, 3.63) is 51.2 Å². The van der Waals surface area contributed by atoms with Crippen molar-refractivity contribution in [2.45, 2.75) is 0 Å². The second-order valence-electron chi connectivity index (χ2n) is 3.20. The van der Waals surface area contributed by atoms with Gasteiger partial charge < -0.3 is 4.74 Å². The van der Waals surface area contributed by atoms with Gasteiger partial charge in [0.2, 0.25) is 0 Å². The molecule has 0 aliphatic heterocycles. The van der Waals surface area contributed by atoms with E-state index in [1.54, 1.807) is 30.6 Å². The van der Waals surface area contributed by atoms with Crippen molar-refractivity contribution >= 4 is 31.9 Å². The number of aromatic nitrogens is 1. The predicted octanol–water partition coefficient (Wildman–Crippen LogP) is 4.27. The summed E-state index contributed by atoms with van der Waals surface area (Å²) >= 11 is 6.68. The van der Waals surface area contributed by atoms with Crippen LogP contribution in [0.25, 0.3) is 0 Å². The molecule has 0 unspecified atom stereocenters. The summed E-state index contributed by atoms with van der Waals surface area (Å²) < 4.78 is 7.22. The Balaban J connectivity index is 2.28. The Morgan fingerprint density at radius 2 is 2.00 bits per heavy atom. The van der Waals surface area contributed by atoms with Crippen LogP contribution in [0.1, 0.15) is 5.56 Å². The summed E-state index contributed by atoms with van der Waals surface area (Å²) in [7, 11) is 0. The molecule has 3 nitrogen and oxygen atoms in total. The van der Waals surface area contributed by atoms with Crippen molar-refractivity contribution in [2.24, 2.45) is 0 Å². The number of nitrogens with zero attached hydrogens (tertiary/aromatic N) is 2. The smallest absolute Gasteiger partial charge is 0.146 e. The molecule has 0 aliphatic rings. The molecule has 17 heavy (non-hydrogen) atoms. The molecule has 0 fully saturated rings. The Labute approximate surface area is 115 Å². The van der Waals surface area contributed by atoms with Crippen LogP contribution >= 0.6 is 31.9 Å². The normalized spacial score (nSPS) is 9.71. The number of hydrogen-bond donors (Lipinski definition) is 0. The monoisotopic (exact) mass is 352 g/mol. The van der Waals surface area contributed by atoms with Gasteiger partial charge in [0, 0.05) is 10.7 Å². The van der Waals surface area contributed by atoms with E-state index in [1.165, 1.54) is 0 Å². The molecular weight excluding hydrogens is 348 g/mol. The molecule has 1 aromatic heterocycles. The van der Waals surface area contributed by atoms with E-state index in [1.807, 2.05) is 6.07 Å². The molecule has 2 aromatic rings. The zero-order valence-electron chi connectivity index (χ0n) is 8.52. The first-order valence-electron chi connectivity index (χ1n) is 4.67. The SMILES string of the molecule is N#Cc1ccc(Oc2cncc(Br)c2)c(Br)c1. The third-order valence-electron chi connectivity index (χ3n) is 1.97. The Hall–Kier alpha value is -1.38. The quantitative estimate of drug-likeness (QED) is 0.809. The largest absolute Gasteiger partial charge is 0.455 e. The van der Waals surface area contributed by atoms with Crippen LogP contribution in [0.3, 0.4) is 0 Å². The molecule has 0 spiro atoms. The second kappa shape index (κ2) is 5.30. The summed E-state index contributed by atoms with van der Waals surface area (Å²) in [6.07, 6.45) is 3.30. The van der Waals surface area contributed by atoms with Gasteiger partial charge in [-0.25, -0.2) is 0 Å². The van der Waals surface area contributed by atoms with Crippen LogP contribution in [0.2, 0.25) is 0 Å². The lowest BCUT2D eigenvalue weighted by Crippen LogP contribution is -1.87. The molecule has 0 atom stereocenters. The van der Waals surface area contributed by atoms with Gasteiger partial charge >= 0.3 is 0 Å². The first-order chi connectivity index (χ1) is 8.19. The zero-order valence-corrected chi connectivity index (χ0v) is 11.7. The average molecular weight is 354 g/mol. The van der Waals surface area contributed by atoms with Crippen LogP contribution in [0.4, 0.5) is 0 Å². The van der Waals surface area contributed by atoms with E-state index < -0.39 is 0 Å². The number of halogens is 2. The molecule has 0 bridgehead atoms. The second-order valence-corrected chi connectivity index (χ2v) is 4.97. The molecule has 0 amide bonds. The summed E-state index contributed by atoms with van der Waals surface area (Å²) in [5.41, 5.74) is 0.580. The van der Waals surface area contributed by atoms with Crippen LogP contribution in [-0.4, -0.2) is 4.98 Å². The van der Waals surface area contributed by atoms with Crippen molar-refractivity contribution in [3.63, 3.8) is 0 Å². The van der Waals surface area contributed by atoms with Crippen molar-refractivity contribution in [1.82, 2.24) is 4.98 Å². The molecule has 1 heterocycles. The predicted molar refractivity (Wildman–Crippen MR) is 70.9 cm³/mol. The summed E-state index contributed by atoms with van der Waals surface area (Å²) in [5, 5.41) is 8.75. The number of rotatable bonds is 2. The van der Waals surface area contributed by atoms with Crippen LogP contribution in [0.5, 0.6) is 11.5 Å². The minimum absolute atomic E-state index is 0.580. The van der Waals surface area contributed by atoms with Crippen molar-refractivity contribution in [1.29, 1.82) is 5.26 Å².